The number of thiazole rings is 1. The smallest absolute Gasteiger partial charge is 0.271 e. The van der Waals surface area contributed by atoms with E-state index in [1.807, 2.05) is 30.7 Å². The predicted octanol–water partition coefficient (Wildman–Crippen LogP) is 4.20. The summed E-state index contributed by atoms with van der Waals surface area (Å²) in [5.41, 5.74) is 2.61. The fraction of sp³-hybridized carbons (Fsp3) is 0.200. The molecule has 1 N–H and O–H groups in total. The molecular weight excluding hydrogens is 348 g/mol. The monoisotopic (exact) mass is 362 g/mol. The van der Waals surface area contributed by atoms with Crippen molar-refractivity contribution in [3.05, 3.63) is 40.2 Å². The van der Waals surface area contributed by atoms with Crippen LogP contribution in [0.5, 0.6) is 0 Å². The Morgan fingerprint density at radius 2 is 2.09 bits per heavy atom. The molecule has 23 heavy (non-hydrogen) atoms. The van der Waals surface area contributed by atoms with Crippen molar-refractivity contribution in [1.82, 2.24) is 14.6 Å². The largest absolute Gasteiger partial charge is 0.297 e. The number of thioether (sulfide) groups is 1. The molecule has 0 aliphatic heterocycles. The third kappa shape index (κ3) is 3.60. The third-order valence-corrected chi connectivity index (χ3v) is 5.48. The molecule has 3 rings (SSSR count). The van der Waals surface area contributed by atoms with E-state index in [2.05, 4.69) is 32.0 Å². The Hall–Kier alpha value is -1.77. The van der Waals surface area contributed by atoms with Gasteiger partial charge in [0.05, 0.1) is 11.4 Å². The lowest BCUT2D eigenvalue weighted by atomic mass is 10.2. The molecule has 0 radical (unpaired) electrons. The van der Waals surface area contributed by atoms with Crippen molar-refractivity contribution in [3.8, 4) is 11.3 Å². The first-order valence-corrected chi connectivity index (χ1v) is 9.81. The Morgan fingerprint density at radius 1 is 1.30 bits per heavy atom. The van der Waals surface area contributed by atoms with Gasteiger partial charge in [0.1, 0.15) is 4.88 Å². The molecule has 0 aliphatic rings. The Bertz CT molecular complexity index is 810. The maximum Gasteiger partial charge on any atom is 0.271 e. The van der Waals surface area contributed by atoms with Crippen LogP contribution in [-0.2, 0) is 6.42 Å². The minimum absolute atomic E-state index is 0.199. The molecule has 8 heteroatoms. The van der Waals surface area contributed by atoms with Crippen molar-refractivity contribution in [3.63, 3.8) is 0 Å². The number of rotatable bonds is 5. The Labute approximate surface area is 146 Å². The summed E-state index contributed by atoms with van der Waals surface area (Å²) >= 11 is 4.22. The maximum absolute atomic E-state index is 12.3. The molecule has 0 spiro atoms. The van der Waals surface area contributed by atoms with Gasteiger partial charge in [0.25, 0.3) is 5.91 Å². The summed E-state index contributed by atoms with van der Waals surface area (Å²) in [5.74, 6) is -0.199. The SMILES string of the molecule is CCc1nnsc1C(=O)Nc1nc(-c2ccc(SC)cc2)cs1. The first-order valence-electron chi connectivity index (χ1n) is 6.93. The van der Waals surface area contributed by atoms with Gasteiger partial charge in [-0.25, -0.2) is 4.98 Å². The number of hydrogen-bond acceptors (Lipinski definition) is 7. The second kappa shape index (κ2) is 7.20. The summed E-state index contributed by atoms with van der Waals surface area (Å²) < 4.78 is 3.84. The fourth-order valence-electron chi connectivity index (χ4n) is 1.99. The highest BCUT2D eigenvalue weighted by Gasteiger charge is 2.16. The second-order valence-corrected chi connectivity index (χ2v) is 7.11. The molecule has 0 saturated carbocycles. The van der Waals surface area contributed by atoms with E-state index in [0.717, 1.165) is 28.5 Å². The van der Waals surface area contributed by atoms with Crippen molar-refractivity contribution >= 4 is 45.7 Å². The van der Waals surface area contributed by atoms with Crippen molar-refractivity contribution < 1.29 is 4.79 Å². The summed E-state index contributed by atoms with van der Waals surface area (Å²) in [4.78, 5) is 18.5. The van der Waals surface area contributed by atoms with Gasteiger partial charge in [-0.1, -0.05) is 23.5 Å². The summed E-state index contributed by atoms with van der Waals surface area (Å²) in [6, 6.07) is 8.20. The van der Waals surface area contributed by atoms with E-state index >= 15 is 0 Å². The van der Waals surface area contributed by atoms with Crippen LogP contribution >= 0.6 is 34.6 Å². The van der Waals surface area contributed by atoms with Crippen LogP contribution in [0.4, 0.5) is 5.13 Å². The number of carbonyl (C=O) groups is 1. The zero-order valence-electron chi connectivity index (χ0n) is 12.6. The van der Waals surface area contributed by atoms with Gasteiger partial charge in [-0.3, -0.25) is 10.1 Å². The minimum atomic E-state index is -0.199. The van der Waals surface area contributed by atoms with Crippen molar-refractivity contribution in [2.45, 2.75) is 18.2 Å². The second-order valence-electron chi connectivity index (χ2n) is 4.62. The summed E-state index contributed by atoms with van der Waals surface area (Å²) in [7, 11) is 0. The van der Waals surface area contributed by atoms with Crippen LogP contribution in [0.25, 0.3) is 11.3 Å². The number of anilines is 1. The van der Waals surface area contributed by atoms with Gasteiger partial charge >= 0.3 is 0 Å². The molecule has 2 aromatic heterocycles. The lowest BCUT2D eigenvalue weighted by Gasteiger charge is -2.00. The molecule has 5 nitrogen and oxygen atoms in total. The third-order valence-electron chi connectivity index (χ3n) is 3.21. The molecule has 1 aromatic carbocycles. The molecule has 0 atom stereocenters. The average Bonchev–Trinajstić information content (AvgIpc) is 3.23. The number of aryl methyl sites for hydroxylation is 1. The van der Waals surface area contributed by atoms with E-state index in [1.165, 1.54) is 16.2 Å². The molecule has 0 unspecified atom stereocenters. The molecular formula is C15H14N4OS3. The lowest BCUT2D eigenvalue weighted by molar-refractivity contribution is 0.102. The van der Waals surface area contributed by atoms with Crippen molar-refractivity contribution in [1.29, 1.82) is 0 Å². The van der Waals surface area contributed by atoms with Gasteiger partial charge in [-0.15, -0.1) is 28.2 Å². The first kappa shape index (κ1) is 16.1. The number of nitrogens with one attached hydrogen (secondary N) is 1. The van der Waals surface area contributed by atoms with E-state index in [-0.39, 0.29) is 5.91 Å². The van der Waals surface area contributed by atoms with Crippen molar-refractivity contribution in [2.24, 2.45) is 0 Å². The number of aromatic nitrogens is 3. The van der Waals surface area contributed by atoms with E-state index in [1.54, 1.807) is 11.8 Å². The maximum atomic E-state index is 12.3. The van der Waals surface area contributed by atoms with Gasteiger partial charge in [0.2, 0.25) is 0 Å². The van der Waals surface area contributed by atoms with Crippen LogP contribution in [0.2, 0.25) is 0 Å². The number of benzene rings is 1. The Kier molecular flexibility index (Phi) is 5.04. The van der Waals surface area contributed by atoms with Gasteiger partial charge in [0, 0.05) is 15.8 Å². The Morgan fingerprint density at radius 3 is 2.78 bits per heavy atom. The zero-order chi connectivity index (χ0) is 16.2. The molecule has 2 heterocycles. The molecule has 1 amide bonds. The number of hydrogen-bond donors (Lipinski definition) is 1. The first-order chi connectivity index (χ1) is 11.2. The Balaban J connectivity index is 1.75. The van der Waals surface area contributed by atoms with Gasteiger partial charge in [0.15, 0.2) is 5.13 Å². The standard InChI is InChI=1S/C15H14N4OS3/c1-3-11-13(23-19-18-11)14(20)17-15-16-12(8-22-15)9-4-6-10(21-2)7-5-9/h4-8H,3H2,1-2H3,(H,16,17,20). The number of nitrogens with zero attached hydrogens (tertiary/aromatic N) is 3. The molecule has 0 bridgehead atoms. The normalized spacial score (nSPS) is 10.7. The van der Waals surface area contributed by atoms with E-state index in [9.17, 15) is 4.79 Å². The van der Waals surface area contributed by atoms with Gasteiger partial charge in [-0.05, 0) is 36.3 Å². The highest BCUT2D eigenvalue weighted by Crippen LogP contribution is 2.27. The van der Waals surface area contributed by atoms with Crippen LogP contribution in [0.1, 0.15) is 22.3 Å². The predicted molar refractivity (Wildman–Crippen MR) is 96.6 cm³/mol. The van der Waals surface area contributed by atoms with Crippen molar-refractivity contribution in [2.75, 3.05) is 11.6 Å². The van der Waals surface area contributed by atoms with E-state index in [0.29, 0.717) is 16.4 Å². The zero-order valence-corrected chi connectivity index (χ0v) is 15.0. The molecule has 0 saturated heterocycles. The average molecular weight is 363 g/mol. The van der Waals surface area contributed by atoms with E-state index in [4.69, 9.17) is 0 Å². The highest BCUT2D eigenvalue weighted by atomic mass is 32.2. The summed E-state index contributed by atoms with van der Waals surface area (Å²) in [6.45, 7) is 1.95. The fourth-order valence-corrected chi connectivity index (χ4v) is 3.76. The molecule has 118 valence electrons. The lowest BCUT2D eigenvalue weighted by Crippen LogP contribution is -2.12. The highest BCUT2D eigenvalue weighted by molar-refractivity contribution is 7.98. The minimum Gasteiger partial charge on any atom is -0.297 e. The quantitative estimate of drug-likeness (QED) is 0.689. The molecule has 0 fully saturated rings. The number of carbonyl (C=O) groups excluding carboxylic acids is 1. The number of amides is 1. The van der Waals surface area contributed by atoms with Crippen LogP contribution in [0.3, 0.4) is 0 Å². The topological polar surface area (TPSA) is 67.8 Å². The molecule has 3 aromatic rings. The van der Waals surface area contributed by atoms with E-state index < -0.39 is 0 Å². The van der Waals surface area contributed by atoms with Crippen LogP contribution < -0.4 is 5.32 Å². The summed E-state index contributed by atoms with van der Waals surface area (Å²) in [5, 5.41) is 9.30. The van der Waals surface area contributed by atoms with Crippen LogP contribution in [-0.4, -0.2) is 26.7 Å². The van der Waals surface area contributed by atoms with Gasteiger partial charge < -0.3 is 0 Å². The van der Waals surface area contributed by atoms with Gasteiger partial charge in [-0.2, -0.15) is 0 Å². The van der Waals surface area contributed by atoms with Crippen LogP contribution in [0, 0.1) is 0 Å². The molecule has 0 aliphatic carbocycles. The summed E-state index contributed by atoms with van der Waals surface area (Å²) in [6.07, 6.45) is 2.73. The van der Waals surface area contributed by atoms with Crippen LogP contribution in [0.15, 0.2) is 34.5 Å².